The van der Waals surface area contributed by atoms with Crippen molar-refractivity contribution in [3.63, 3.8) is 0 Å². The van der Waals surface area contributed by atoms with Crippen LogP contribution < -0.4 is 19.8 Å². The van der Waals surface area contributed by atoms with Gasteiger partial charge in [0.2, 0.25) is 0 Å². The summed E-state index contributed by atoms with van der Waals surface area (Å²) < 4.78 is 16.6. The van der Waals surface area contributed by atoms with Gasteiger partial charge in [-0.1, -0.05) is 25.5 Å². The van der Waals surface area contributed by atoms with E-state index in [0.717, 1.165) is 45.7 Å². The van der Waals surface area contributed by atoms with Crippen molar-refractivity contribution in [3.05, 3.63) is 105 Å². The number of imide groups is 1. The van der Waals surface area contributed by atoms with Crippen LogP contribution >= 0.6 is 0 Å². The minimum absolute atomic E-state index is 0.105. The van der Waals surface area contributed by atoms with Gasteiger partial charge in [0.15, 0.2) is 11.5 Å². The lowest BCUT2D eigenvalue weighted by atomic mass is 9.95. The summed E-state index contributed by atoms with van der Waals surface area (Å²) in [6.07, 6.45) is 1.95. The summed E-state index contributed by atoms with van der Waals surface area (Å²) in [6, 6.07) is 18.1. The molecular formula is C34H31N3O6. The van der Waals surface area contributed by atoms with E-state index >= 15 is 0 Å². The molecule has 0 aliphatic carbocycles. The van der Waals surface area contributed by atoms with E-state index in [9.17, 15) is 14.4 Å². The number of aromatic nitrogens is 2. The van der Waals surface area contributed by atoms with Crippen LogP contribution in [0.25, 0.3) is 21.7 Å². The highest BCUT2D eigenvalue weighted by Crippen LogP contribution is 2.36. The molecule has 3 aromatic carbocycles. The molecule has 0 bridgehead atoms. The molecule has 0 fully saturated rings. The number of pyridine rings is 2. The molecule has 1 aliphatic heterocycles. The van der Waals surface area contributed by atoms with Crippen molar-refractivity contribution in [1.29, 1.82) is 0 Å². The minimum Gasteiger partial charge on any atom is -0.497 e. The van der Waals surface area contributed by atoms with Crippen molar-refractivity contribution < 1.29 is 23.8 Å². The number of hydrogen-bond donors (Lipinski definition) is 1. The zero-order valence-corrected chi connectivity index (χ0v) is 24.4. The first-order valence-electron chi connectivity index (χ1n) is 14.1. The quantitative estimate of drug-likeness (QED) is 0.232. The van der Waals surface area contributed by atoms with Gasteiger partial charge in [0.05, 0.1) is 44.5 Å². The minimum atomic E-state index is -0.402. The van der Waals surface area contributed by atoms with Crippen LogP contribution in [0.15, 0.2) is 65.5 Å². The van der Waals surface area contributed by atoms with E-state index in [-0.39, 0.29) is 12.1 Å². The van der Waals surface area contributed by atoms with Gasteiger partial charge in [-0.3, -0.25) is 24.3 Å². The fourth-order valence-corrected chi connectivity index (χ4v) is 5.78. The predicted octanol–water partition coefficient (Wildman–Crippen LogP) is 5.44. The van der Waals surface area contributed by atoms with Crippen LogP contribution in [0.3, 0.4) is 0 Å². The molecule has 2 amide bonds. The predicted molar refractivity (Wildman–Crippen MR) is 163 cm³/mol. The highest BCUT2D eigenvalue weighted by Gasteiger charge is 2.35. The maximum atomic E-state index is 13.8. The molecule has 0 saturated heterocycles. The molecule has 9 heteroatoms. The van der Waals surface area contributed by atoms with Gasteiger partial charge in [0.1, 0.15) is 5.75 Å². The number of rotatable bonds is 9. The number of aryl methyl sites for hydroxylation is 1. The molecule has 218 valence electrons. The Kier molecular flexibility index (Phi) is 7.31. The van der Waals surface area contributed by atoms with E-state index in [2.05, 4.69) is 18.0 Å². The van der Waals surface area contributed by atoms with Gasteiger partial charge in [0, 0.05) is 34.1 Å². The third-order valence-electron chi connectivity index (χ3n) is 7.95. The molecule has 3 heterocycles. The van der Waals surface area contributed by atoms with Crippen molar-refractivity contribution in [3.8, 4) is 17.2 Å². The number of nitrogens with zero attached hydrogens (tertiary/aromatic N) is 2. The monoisotopic (exact) mass is 577 g/mol. The third kappa shape index (κ3) is 4.86. The van der Waals surface area contributed by atoms with E-state index in [1.165, 1.54) is 14.2 Å². The zero-order valence-electron chi connectivity index (χ0n) is 24.4. The van der Waals surface area contributed by atoms with Crippen LogP contribution in [0, 0.1) is 0 Å². The SMILES string of the molecule is CCCc1nc2ccc(OC)cc2cc1Cc1c(=O)[nH]c(CN2C(=O)c3ccccc3C2=O)c2cc(OC)c(OC)cc12. The van der Waals surface area contributed by atoms with Crippen molar-refractivity contribution >= 4 is 33.5 Å². The average Bonchev–Trinajstić information content (AvgIpc) is 3.26. The standard InChI is InChI=1S/C34H31N3O6/c1-5-8-27-20(13-19-14-21(41-2)11-12-28(19)35-27)15-26-24-16-30(42-3)31(43-4)17-25(24)29(36-32(26)38)18-37-33(39)22-9-6-7-10-23(22)34(37)40/h6-7,9-14,16-17H,5,8,15,18H2,1-4H3,(H,36,38). The fourth-order valence-electron chi connectivity index (χ4n) is 5.78. The molecule has 6 rings (SSSR count). The molecule has 9 nitrogen and oxygen atoms in total. The molecule has 0 unspecified atom stereocenters. The van der Waals surface area contributed by atoms with Crippen molar-refractivity contribution in [2.24, 2.45) is 0 Å². The lowest BCUT2D eigenvalue weighted by Crippen LogP contribution is -2.31. The molecular weight excluding hydrogens is 546 g/mol. The number of methoxy groups -OCH3 is 3. The van der Waals surface area contributed by atoms with Gasteiger partial charge in [0.25, 0.3) is 17.4 Å². The Morgan fingerprint density at radius 3 is 2.12 bits per heavy atom. The molecule has 1 N–H and O–H groups in total. The molecule has 2 aromatic heterocycles. The second-order valence-electron chi connectivity index (χ2n) is 10.5. The molecule has 43 heavy (non-hydrogen) atoms. The van der Waals surface area contributed by atoms with E-state index < -0.39 is 11.8 Å². The first-order chi connectivity index (χ1) is 20.9. The summed E-state index contributed by atoms with van der Waals surface area (Å²) in [5.41, 5.74) is 4.02. The number of fused-ring (bicyclic) bond motifs is 3. The number of amides is 2. The van der Waals surface area contributed by atoms with Gasteiger partial charge < -0.3 is 19.2 Å². The number of H-pyrrole nitrogens is 1. The van der Waals surface area contributed by atoms with Crippen molar-refractivity contribution in [2.75, 3.05) is 21.3 Å². The number of hydrogen-bond acceptors (Lipinski definition) is 7. The van der Waals surface area contributed by atoms with E-state index in [0.29, 0.717) is 51.1 Å². The van der Waals surface area contributed by atoms with E-state index in [4.69, 9.17) is 19.2 Å². The number of benzene rings is 3. The summed E-state index contributed by atoms with van der Waals surface area (Å²) in [7, 11) is 4.69. The van der Waals surface area contributed by atoms with Crippen LogP contribution in [-0.4, -0.2) is 48.0 Å². The Hall–Kier alpha value is -5.18. The Bertz CT molecular complexity index is 1940. The lowest BCUT2D eigenvalue weighted by Gasteiger charge is -2.19. The van der Waals surface area contributed by atoms with Crippen molar-refractivity contribution in [1.82, 2.24) is 14.9 Å². The molecule has 5 aromatic rings. The van der Waals surface area contributed by atoms with Crippen LogP contribution in [0.2, 0.25) is 0 Å². The number of ether oxygens (including phenoxy) is 3. The molecule has 0 atom stereocenters. The van der Waals surface area contributed by atoms with Crippen LogP contribution in [-0.2, 0) is 19.4 Å². The van der Waals surface area contributed by atoms with Gasteiger partial charge >= 0.3 is 0 Å². The van der Waals surface area contributed by atoms with Gasteiger partial charge in [-0.25, -0.2) is 0 Å². The largest absolute Gasteiger partial charge is 0.497 e. The van der Waals surface area contributed by atoms with E-state index in [1.54, 1.807) is 43.5 Å². The lowest BCUT2D eigenvalue weighted by molar-refractivity contribution is 0.0641. The Morgan fingerprint density at radius 1 is 0.814 bits per heavy atom. The third-order valence-corrected chi connectivity index (χ3v) is 7.95. The first-order valence-corrected chi connectivity index (χ1v) is 14.1. The van der Waals surface area contributed by atoms with Gasteiger partial charge in [-0.05, 0) is 65.9 Å². The fraction of sp³-hybridized carbons (Fsp3) is 0.235. The second kappa shape index (κ2) is 11.2. The van der Waals surface area contributed by atoms with E-state index in [1.807, 2.05) is 18.2 Å². The zero-order chi connectivity index (χ0) is 30.2. The highest BCUT2D eigenvalue weighted by molar-refractivity contribution is 6.21. The van der Waals surface area contributed by atoms with Crippen LogP contribution in [0.1, 0.15) is 56.6 Å². The average molecular weight is 578 g/mol. The summed E-state index contributed by atoms with van der Waals surface area (Å²) in [4.78, 5) is 49.3. The number of carbonyl (C=O) groups excluding carboxylic acids is 2. The normalized spacial score (nSPS) is 12.7. The molecule has 0 saturated carbocycles. The maximum absolute atomic E-state index is 13.8. The molecule has 1 aliphatic rings. The number of carbonyl (C=O) groups is 2. The van der Waals surface area contributed by atoms with Crippen molar-refractivity contribution in [2.45, 2.75) is 32.7 Å². The van der Waals surface area contributed by atoms with Crippen LogP contribution in [0.4, 0.5) is 0 Å². The van der Waals surface area contributed by atoms with Gasteiger partial charge in [-0.15, -0.1) is 0 Å². The summed E-state index contributed by atoms with van der Waals surface area (Å²) in [5.74, 6) is 0.842. The summed E-state index contributed by atoms with van der Waals surface area (Å²) in [5, 5.41) is 2.20. The first kappa shape index (κ1) is 28.0. The molecule has 0 radical (unpaired) electrons. The Labute approximate surface area is 248 Å². The maximum Gasteiger partial charge on any atom is 0.261 e. The summed E-state index contributed by atoms with van der Waals surface area (Å²) >= 11 is 0. The Balaban J connectivity index is 1.50. The second-order valence-corrected chi connectivity index (χ2v) is 10.5. The summed E-state index contributed by atoms with van der Waals surface area (Å²) in [6.45, 7) is 1.99. The van der Waals surface area contributed by atoms with Crippen LogP contribution in [0.5, 0.6) is 17.2 Å². The topological polar surface area (TPSA) is 111 Å². The highest BCUT2D eigenvalue weighted by atomic mass is 16.5. The Morgan fingerprint density at radius 2 is 1.49 bits per heavy atom. The molecule has 0 spiro atoms. The smallest absolute Gasteiger partial charge is 0.261 e. The number of aromatic amines is 1. The number of nitrogens with one attached hydrogen (secondary N) is 1. The van der Waals surface area contributed by atoms with Gasteiger partial charge in [-0.2, -0.15) is 0 Å².